The van der Waals surface area contributed by atoms with E-state index in [1.807, 2.05) is 0 Å². The van der Waals surface area contributed by atoms with Gasteiger partial charge in [-0.3, -0.25) is 4.57 Å². The van der Waals surface area contributed by atoms with E-state index >= 15 is 0 Å². The summed E-state index contributed by atoms with van der Waals surface area (Å²) in [6, 6.07) is 3.07. The molecule has 0 radical (unpaired) electrons. The van der Waals surface area contributed by atoms with Crippen LogP contribution in [0.2, 0.25) is 0 Å². The number of phenols is 1. The third-order valence-corrected chi connectivity index (χ3v) is 5.39. The largest absolute Gasteiger partial charge is 0.503 e. The van der Waals surface area contributed by atoms with Gasteiger partial charge in [-0.15, -0.1) is 0 Å². The molecule has 0 aliphatic carbocycles. The predicted molar refractivity (Wildman–Crippen MR) is 80.1 cm³/mol. The Labute approximate surface area is 126 Å². The fraction of sp³-hybridized carbons (Fsp3) is 0.500. The zero-order valence-corrected chi connectivity index (χ0v) is 14.1. The fourth-order valence-corrected chi connectivity index (χ4v) is 3.75. The van der Waals surface area contributed by atoms with Gasteiger partial charge in [-0.2, -0.15) is 0 Å². The second kappa shape index (κ2) is 7.43. The topological polar surface area (TPSA) is 91.0 Å². The van der Waals surface area contributed by atoms with Crippen LogP contribution in [0, 0.1) is 0 Å². The Morgan fingerprint density at radius 3 is 2.35 bits per heavy atom. The van der Waals surface area contributed by atoms with E-state index in [1.54, 1.807) is 19.9 Å². The van der Waals surface area contributed by atoms with Crippen LogP contribution in [0.25, 0.3) is 0 Å². The van der Waals surface area contributed by atoms with Gasteiger partial charge in [-0.05, 0) is 47.5 Å². The van der Waals surface area contributed by atoms with Crippen molar-refractivity contribution < 1.29 is 23.5 Å². The van der Waals surface area contributed by atoms with Gasteiger partial charge in [-0.1, -0.05) is 0 Å². The highest BCUT2D eigenvalue weighted by Crippen LogP contribution is 2.59. The number of phenolic OH excluding ortho intramolecular Hbond substituents is 1. The minimum absolute atomic E-state index is 0.0499. The molecule has 6 nitrogen and oxygen atoms in total. The maximum absolute atomic E-state index is 12.6. The van der Waals surface area contributed by atoms with Crippen molar-refractivity contribution >= 4 is 23.5 Å². The molecule has 0 unspecified atom stereocenters. The maximum atomic E-state index is 12.6. The monoisotopic (exact) mass is 367 g/mol. The molecule has 0 saturated heterocycles. The maximum Gasteiger partial charge on any atom is 0.351 e. The van der Waals surface area contributed by atoms with Crippen LogP contribution in [0.1, 0.15) is 25.2 Å². The molecular weight excluding hydrogens is 349 g/mol. The Balaban J connectivity index is 3.21. The minimum Gasteiger partial charge on any atom is -0.503 e. The number of halogens is 1. The quantitative estimate of drug-likeness (QED) is 0.717. The van der Waals surface area contributed by atoms with Crippen molar-refractivity contribution in [2.24, 2.45) is 5.73 Å². The lowest BCUT2D eigenvalue weighted by Gasteiger charge is -2.24. The molecule has 0 aromatic heterocycles. The lowest BCUT2D eigenvalue weighted by Crippen LogP contribution is -2.15. The number of aromatic hydroxyl groups is 1. The lowest BCUT2D eigenvalue weighted by atomic mass is 10.2. The molecule has 0 amide bonds. The summed E-state index contributed by atoms with van der Waals surface area (Å²) in [6.07, 6.45) is 0. The first-order valence-corrected chi connectivity index (χ1v) is 8.50. The van der Waals surface area contributed by atoms with Crippen molar-refractivity contribution in [1.29, 1.82) is 0 Å². The van der Waals surface area contributed by atoms with Gasteiger partial charge in [0.1, 0.15) is 5.78 Å². The van der Waals surface area contributed by atoms with E-state index in [-0.39, 0.29) is 24.7 Å². The summed E-state index contributed by atoms with van der Waals surface area (Å²) in [5.41, 5.74) is 6.50. The van der Waals surface area contributed by atoms with Crippen LogP contribution in [-0.2, 0) is 13.6 Å². The third-order valence-electron chi connectivity index (χ3n) is 2.57. The molecule has 1 aromatic rings. The molecule has 0 saturated carbocycles. The molecule has 0 aliphatic rings. The van der Waals surface area contributed by atoms with Crippen LogP contribution in [0.15, 0.2) is 16.6 Å². The molecular formula is C12H19BrNO5P. The average molecular weight is 368 g/mol. The second-order valence-electron chi connectivity index (χ2n) is 3.87. The number of nitrogens with two attached hydrogens (primary N) is 1. The zero-order chi connectivity index (χ0) is 15.3. The molecule has 20 heavy (non-hydrogen) atoms. The van der Waals surface area contributed by atoms with E-state index in [0.29, 0.717) is 10.0 Å². The normalized spacial score (nSPS) is 13.2. The van der Waals surface area contributed by atoms with Gasteiger partial charge in [0.15, 0.2) is 11.5 Å². The Morgan fingerprint density at radius 2 is 1.90 bits per heavy atom. The van der Waals surface area contributed by atoms with E-state index in [1.165, 1.54) is 13.2 Å². The molecule has 1 atom stereocenters. The summed E-state index contributed by atoms with van der Waals surface area (Å²) in [5, 5.41) is 9.77. The predicted octanol–water partition coefficient (Wildman–Crippen LogP) is 3.39. The standard InChI is InChI=1S/C12H19BrNO5P/c1-4-18-20(16,19-5-2)12(14)8-6-9(13)11(15)10(7-8)17-3/h6-7,12,15H,4-5,14H2,1-3H3/t12-/m1/s1. The Kier molecular flexibility index (Phi) is 6.48. The van der Waals surface area contributed by atoms with Gasteiger partial charge in [0.2, 0.25) is 0 Å². The Hall–Kier alpha value is -0.590. The van der Waals surface area contributed by atoms with Crippen molar-refractivity contribution in [3.8, 4) is 11.5 Å². The number of benzene rings is 1. The SMILES string of the molecule is CCOP(=O)(OCC)[C@@H](N)c1cc(Br)c(O)c(OC)c1. The smallest absolute Gasteiger partial charge is 0.351 e. The van der Waals surface area contributed by atoms with Crippen molar-refractivity contribution in [1.82, 2.24) is 0 Å². The van der Waals surface area contributed by atoms with Crippen LogP contribution >= 0.6 is 23.5 Å². The van der Waals surface area contributed by atoms with Gasteiger partial charge < -0.3 is 24.6 Å². The van der Waals surface area contributed by atoms with Crippen molar-refractivity contribution in [2.45, 2.75) is 19.6 Å². The van der Waals surface area contributed by atoms with Crippen LogP contribution in [0.4, 0.5) is 0 Å². The number of methoxy groups -OCH3 is 1. The molecule has 3 N–H and O–H groups in total. The number of ether oxygens (including phenoxy) is 1. The molecule has 1 aromatic carbocycles. The number of hydrogen-bond acceptors (Lipinski definition) is 6. The summed E-state index contributed by atoms with van der Waals surface area (Å²) in [5.74, 6) is -0.788. The summed E-state index contributed by atoms with van der Waals surface area (Å²) < 4.78 is 28.5. The summed E-state index contributed by atoms with van der Waals surface area (Å²) >= 11 is 3.19. The highest BCUT2D eigenvalue weighted by atomic mass is 79.9. The van der Waals surface area contributed by atoms with E-state index in [4.69, 9.17) is 19.5 Å². The molecule has 0 heterocycles. The molecule has 8 heteroatoms. The zero-order valence-electron chi connectivity index (χ0n) is 11.6. The molecule has 114 valence electrons. The van der Waals surface area contributed by atoms with E-state index in [0.717, 1.165) is 0 Å². The van der Waals surface area contributed by atoms with E-state index in [9.17, 15) is 9.67 Å². The lowest BCUT2D eigenvalue weighted by molar-refractivity contribution is 0.212. The summed E-state index contributed by atoms with van der Waals surface area (Å²) in [6.45, 7) is 3.88. The number of rotatable bonds is 7. The van der Waals surface area contributed by atoms with E-state index in [2.05, 4.69) is 15.9 Å². The first-order valence-electron chi connectivity index (χ1n) is 6.10. The van der Waals surface area contributed by atoms with Gasteiger partial charge in [-0.25, -0.2) is 0 Å². The van der Waals surface area contributed by atoms with Crippen molar-refractivity contribution in [2.75, 3.05) is 20.3 Å². The van der Waals surface area contributed by atoms with Gasteiger partial charge >= 0.3 is 7.60 Å². The Morgan fingerprint density at radius 1 is 1.35 bits per heavy atom. The molecule has 1 rings (SSSR count). The van der Waals surface area contributed by atoms with Crippen molar-refractivity contribution in [3.63, 3.8) is 0 Å². The molecule has 0 spiro atoms. The minimum atomic E-state index is -3.48. The van der Waals surface area contributed by atoms with Crippen molar-refractivity contribution in [3.05, 3.63) is 22.2 Å². The van der Waals surface area contributed by atoms with Crippen LogP contribution in [0.3, 0.4) is 0 Å². The summed E-state index contributed by atoms with van der Waals surface area (Å²) in [4.78, 5) is 0. The van der Waals surface area contributed by atoms with E-state index < -0.39 is 13.4 Å². The van der Waals surface area contributed by atoms with Crippen LogP contribution in [0.5, 0.6) is 11.5 Å². The third kappa shape index (κ3) is 3.74. The highest BCUT2D eigenvalue weighted by molar-refractivity contribution is 9.10. The fourth-order valence-electron chi connectivity index (χ4n) is 1.66. The molecule has 0 aliphatic heterocycles. The highest BCUT2D eigenvalue weighted by Gasteiger charge is 2.34. The second-order valence-corrected chi connectivity index (χ2v) is 6.88. The molecule has 0 bridgehead atoms. The van der Waals surface area contributed by atoms with Gasteiger partial charge in [0.25, 0.3) is 0 Å². The Bertz CT molecular complexity index is 501. The molecule has 0 fully saturated rings. The van der Waals surface area contributed by atoms with Crippen LogP contribution in [-0.4, -0.2) is 25.4 Å². The average Bonchev–Trinajstić information content (AvgIpc) is 2.41. The van der Waals surface area contributed by atoms with Crippen LogP contribution < -0.4 is 10.5 Å². The van der Waals surface area contributed by atoms with Gasteiger partial charge in [0.05, 0.1) is 24.8 Å². The number of hydrogen-bond donors (Lipinski definition) is 2. The van der Waals surface area contributed by atoms with Gasteiger partial charge in [0, 0.05) is 0 Å². The first-order chi connectivity index (χ1) is 9.39. The summed E-state index contributed by atoms with van der Waals surface area (Å²) in [7, 11) is -2.06. The first kappa shape index (κ1) is 17.5.